The monoisotopic (exact) mass is 382 g/mol. The summed E-state index contributed by atoms with van der Waals surface area (Å²) in [6.07, 6.45) is 5.93. The third kappa shape index (κ3) is 3.74. The van der Waals surface area contributed by atoms with Gasteiger partial charge >= 0.3 is 6.03 Å². The molecule has 2 aliphatic carbocycles. The molecular weight excluding hydrogens is 356 g/mol. The fourth-order valence-electron chi connectivity index (χ4n) is 3.40. The number of amides is 2. The number of aromatic nitrogens is 2. The van der Waals surface area contributed by atoms with Crippen molar-refractivity contribution in [2.24, 2.45) is 5.92 Å². The van der Waals surface area contributed by atoms with Gasteiger partial charge in [0.25, 0.3) is 0 Å². The van der Waals surface area contributed by atoms with Crippen LogP contribution in [0.25, 0.3) is 11.3 Å². The van der Waals surface area contributed by atoms with E-state index in [-0.39, 0.29) is 23.6 Å². The van der Waals surface area contributed by atoms with Gasteiger partial charge in [0.1, 0.15) is 5.75 Å². The SMILES string of the molecule is CCCNC(=O)n1nc(-c2cc(NC(=O)C3CC3)ccc2O)cc1C1CCC1. The third-order valence-corrected chi connectivity index (χ3v) is 5.47. The summed E-state index contributed by atoms with van der Waals surface area (Å²) in [6.45, 7) is 2.59. The predicted octanol–water partition coefficient (Wildman–Crippen LogP) is 3.84. The second-order valence-corrected chi connectivity index (χ2v) is 7.72. The quantitative estimate of drug-likeness (QED) is 0.661. The molecule has 0 saturated heterocycles. The Morgan fingerprint density at radius 1 is 1.21 bits per heavy atom. The highest BCUT2D eigenvalue weighted by molar-refractivity contribution is 5.95. The van der Waals surface area contributed by atoms with Crippen LogP contribution in [0.4, 0.5) is 10.5 Å². The number of hydrogen-bond acceptors (Lipinski definition) is 4. The fourth-order valence-corrected chi connectivity index (χ4v) is 3.40. The van der Waals surface area contributed by atoms with E-state index in [0.29, 0.717) is 29.4 Å². The first kappa shape index (κ1) is 18.5. The summed E-state index contributed by atoms with van der Waals surface area (Å²) in [4.78, 5) is 24.6. The molecule has 0 radical (unpaired) electrons. The van der Waals surface area contributed by atoms with E-state index in [4.69, 9.17) is 0 Å². The molecule has 2 aromatic rings. The van der Waals surface area contributed by atoms with Gasteiger partial charge in [0, 0.05) is 29.6 Å². The maximum atomic E-state index is 12.6. The van der Waals surface area contributed by atoms with Crippen molar-refractivity contribution in [3.8, 4) is 17.0 Å². The number of benzene rings is 1. The Hall–Kier alpha value is -2.83. The van der Waals surface area contributed by atoms with Gasteiger partial charge in [-0.15, -0.1) is 0 Å². The Balaban J connectivity index is 1.65. The van der Waals surface area contributed by atoms with Gasteiger partial charge in [-0.1, -0.05) is 13.3 Å². The average molecular weight is 382 g/mol. The molecule has 3 N–H and O–H groups in total. The molecule has 2 aliphatic rings. The molecule has 1 aromatic heterocycles. The van der Waals surface area contributed by atoms with E-state index in [1.54, 1.807) is 18.2 Å². The lowest BCUT2D eigenvalue weighted by Gasteiger charge is -2.25. The number of rotatable bonds is 6. The molecular formula is C21H26N4O3. The van der Waals surface area contributed by atoms with Crippen molar-refractivity contribution < 1.29 is 14.7 Å². The highest BCUT2D eigenvalue weighted by Gasteiger charge is 2.30. The van der Waals surface area contributed by atoms with Crippen molar-refractivity contribution in [1.29, 1.82) is 0 Å². The molecule has 148 valence electrons. The number of anilines is 1. The predicted molar refractivity (Wildman–Crippen MR) is 106 cm³/mol. The molecule has 2 amide bonds. The summed E-state index contributed by atoms with van der Waals surface area (Å²) in [5, 5.41) is 20.6. The van der Waals surface area contributed by atoms with Crippen LogP contribution in [0.2, 0.25) is 0 Å². The van der Waals surface area contributed by atoms with Crippen LogP contribution in [0.15, 0.2) is 24.3 Å². The molecule has 0 unspecified atom stereocenters. The van der Waals surface area contributed by atoms with E-state index >= 15 is 0 Å². The van der Waals surface area contributed by atoms with Crippen molar-refractivity contribution in [2.45, 2.75) is 51.4 Å². The van der Waals surface area contributed by atoms with E-state index in [1.165, 1.54) is 4.68 Å². The van der Waals surface area contributed by atoms with Gasteiger partial charge in [0.05, 0.1) is 11.4 Å². The van der Waals surface area contributed by atoms with Crippen molar-refractivity contribution in [2.75, 3.05) is 11.9 Å². The van der Waals surface area contributed by atoms with E-state index in [9.17, 15) is 14.7 Å². The normalized spacial score (nSPS) is 16.5. The second-order valence-electron chi connectivity index (χ2n) is 7.72. The summed E-state index contributed by atoms with van der Waals surface area (Å²) in [6, 6.07) is 6.59. The molecule has 28 heavy (non-hydrogen) atoms. The summed E-state index contributed by atoms with van der Waals surface area (Å²) in [5.74, 6) is 0.497. The Kier molecular flexibility index (Phi) is 5.07. The van der Waals surface area contributed by atoms with Gasteiger partial charge in [-0.2, -0.15) is 9.78 Å². The van der Waals surface area contributed by atoms with Crippen LogP contribution < -0.4 is 10.6 Å². The largest absolute Gasteiger partial charge is 0.507 e. The molecule has 0 bridgehead atoms. The van der Waals surface area contributed by atoms with E-state index in [2.05, 4.69) is 15.7 Å². The molecule has 7 nitrogen and oxygen atoms in total. The smallest absolute Gasteiger partial charge is 0.342 e. The van der Waals surface area contributed by atoms with E-state index in [0.717, 1.165) is 44.2 Å². The Bertz CT molecular complexity index is 897. The van der Waals surface area contributed by atoms with Gasteiger partial charge in [0.2, 0.25) is 5.91 Å². The third-order valence-electron chi connectivity index (χ3n) is 5.47. The zero-order valence-corrected chi connectivity index (χ0v) is 16.1. The Morgan fingerprint density at radius 3 is 2.64 bits per heavy atom. The van der Waals surface area contributed by atoms with Gasteiger partial charge in [-0.05, 0) is 56.4 Å². The van der Waals surface area contributed by atoms with E-state index < -0.39 is 0 Å². The van der Waals surface area contributed by atoms with E-state index in [1.807, 2.05) is 13.0 Å². The Morgan fingerprint density at radius 2 is 2.00 bits per heavy atom. The van der Waals surface area contributed by atoms with Crippen molar-refractivity contribution in [1.82, 2.24) is 15.1 Å². The minimum Gasteiger partial charge on any atom is -0.507 e. The summed E-state index contributed by atoms with van der Waals surface area (Å²) in [7, 11) is 0. The number of carbonyl (C=O) groups is 2. The van der Waals surface area contributed by atoms with Crippen LogP contribution in [0, 0.1) is 5.92 Å². The molecule has 0 atom stereocenters. The standard InChI is InChI=1S/C21H26N4O3/c1-2-10-22-21(28)25-18(13-4-3-5-13)12-17(24-25)16-11-15(8-9-19(16)26)23-20(27)14-6-7-14/h8-9,11-14,26H,2-7,10H2,1H3,(H,22,28)(H,23,27). The summed E-state index contributed by atoms with van der Waals surface area (Å²) in [5.41, 5.74) is 2.55. The number of carbonyl (C=O) groups excluding carboxylic acids is 2. The summed E-state index contributed by atoms with van der Waals surface area (Å²) >= 11 is 0. The minimum absolute atomic E-state index is 0.0104. The number of phenols is 1. The minimum atomic E-state index is -0.243. The maximum Gasteiger partial charge on any atom is 0.342 e. The van der Waals surface area contributed by atoms with Crippen molar-refractivity contribution >= 4 is 17.6 Å². The number of hydrogen-bond donors (Lipinski definition) is 3. The van der Waals surface area contributed by atoms with Crippen LogP contribution in [0.5, 0.6) is 5.75 Å². The summed E-state index contributed by atoms with van der Waals surface area (Å²) < 4.78 is 1.43. The lowest BCUT2D eigenvalue weighted by molar-refractivity contribution is -0.117. The highest BCUT2D eigenvalue weighted by atomic mass is 16.3. The second kappa shape index (κ2) is 7.66. The fraction of sp³-hybridized carbons (Fsp3) is 0.476. The molecule has 0 aliphatic heterocycles. The molecule has 1 heterocycles. The number of phenolic OH excluding ortho intramolecular Hbond substituents is 1. The average Bonchev–Trinajstić information content (AvgIpc) is 3.41. The first-order chi connectivity index (χ1) is 13.6. The molecule has 1 aromatic carbocycles. The van der Waals surface area contributed by atoms with Crippen LogP contribution in [-0.2, 0) is 4.79 Å². The zero-order chi connectivity index (χ0) is 19.7. The Labute approximate surface area is 164 Å². The highest BCUT2D eigenvalue weighted by Crippen LogP contribution is 2.39. The van der Waals surface area contributed by atoms with Gasteiger partial charge in [-0.25, -0.2) is 4.79 Å². The lowest BCUT2D eigenvalue weighted by Crippen LogP contribution is -2.32. The molecule has 4 rings (SSSR count). The lowest BCUT2D eigenvalue weighted by atomic mass is 9.82. The number of nitrogens with one attached hydrogen (secondary N) is 2. The van der Waals surface area contributed by atoms with Crippen LogP contribution in [0.1, 0.15) is 57.1 Å². The first-order valence-corrected chi connectivity index (χ1v) is 10.1. The van der Waals surface area contributed by atoms with Crippen LogP contribution in [-0.4, -0.2) is 33.4 Å². The first-order valence-electron chi connectivity index (χ1n) is 10.1. The zero-order valence-electron chi connectivity index (χ0n) is 16.1. The number of nitrogens with zero attached hydrogens (tertiary/aromatic N) is 2. The molecule has 7 heteroatoms. The molecule has 2 fully saturated rings. The topological polar surface area (TPSA) is 96.3 Å². The van der Waals surface area contributed by atoms with Gasteiger partial charge in [-0.3, -0.25) is 4.79 Å². The van der Waals surface area contributed by atoms with Crippen LogP contribution in [0.3, 0.4) is 0 Å². The number of aromatic hydroxyl groups is 1. The van der Waals surface area contributed by atoms with Crippen LogP contribution >= 0.6 is 0 Å². The maximum absolute atomic E-state index is 12.6. The van der Waals surface area contributed by atoms with Crippen molar-refractivity contribution in [3.63, 3.8) is 0 Å². The molecule has 2 saturated carbocycles. The van der Waals surface area contributed by atoms with Gasteiger partial charge in [0.15, 0.2) is 0 Å². The molecule has 0 spiro atoms. The van der Waals surface area contributed by atoms with Crippen molar-refractivity contribution in [3.05, 3.63) is 30.0 Å². The van der Waals surface area contributed by atoms with Gasteiger partial charge < -0.3 is 15.7 Å².